The molecule has 0 saturated heterocycles. The molecule has 0 aromatic heterocycles. The Morgan fingerprint density at radius 2 is 1.94 bits per heavy atom. The summed E-state index contributed by atoms with van der Waals surface area (Å²) < 4.78 is 10.2. The van der Waals surface area contributed by atoms with E-state index in [1.807, 2.05) is 26.0 Å². The molecule has 0 radical (unpaired) electrons. The SMILES string of the molecule is COCCCC(=O)c1c(C)cc(C)cc1OC. The summed E-state index contributed by atoms with van der Waals surface area (Å²) in [6, 6.07) is 3.91. The van der Waals surface area contributed by atoms with Crippen LogP contribution >= 0.6 is 0 Å². The summed E-state index contributed by atoms with van der Waals surface area (Å²) in [7, 11) is 3.24. The summed E-state index contributed by atoms with van der Waals surface area (Å²) in [6.45, 7) is 4.55. The molecule has 0 spiro atoms. The molecule has 0 aliphatic rings. The van der Waals surface area contributed by atoms with E-state index in [2.05, 4.69) is 0 Å². The van der Waals surface area contributed by atoms with E-state index in [9.17, 15) is 4.79 Å². The van der Waals surface area contributed by atoms with Crippen LogP contribution in [0, 0.1) is 13.8 Å². The number of ketones is 1. The first-order chi connectivity index (χ1) is 8.10. The van der Waals surface area contributed by atoms with Crippen LogP contribution in [0.2, 0.25) is 0 Å². The minimum Gasteiger partial charge on any atom is -0.496 e. The number of ether oxygens (including phenoxy) is 2. The van der Waals surface area contributed by atoms with Gasteiger partial charge in [0.2, 0.25) is 0 Å². The maximum Gasteiger partial charge on any atom is 0.166 e. The monoisotopic (exact) mass is 236 g/mol. The van der Waals surface area contributed by atoms with Crippen molar-refractivity contribution in [1.82, 2.24) is 0 Å². The third kappa shape index (κ3) is 3.56. The number of aryl methyl sites for hydroxylation is 2. The van der Waals surface area contributed by atoms with Crippen LogP contribution in [-0.2, 0) is 4.74 Å². The van der Waals surface area contributed by atoms with Crippen molar-refractivity contribution in [2.24, 2.45) is 0 Å². The number of benzene rings is 1. The first kappa shape index (κ1) is 13.7. The lowest BCUT2D eigenvalue weighted by Gasteiger charge is -2.12. The largest absolute Gasteiger partial charge is 0.496 e. The third-order valence-corrected chi connectivity index (χ3v) is 2.69. The van der Waals surface area contributed by atoms with Gasteiger partial charge in [-0.05, 0) is 37.5 Å². The zero-order valence-electron chi connectivity index (χ0n) is 11.0. The number of hydrogen-bond donors (Lipinski definition) is 0. The van der Waals surface area contributed by atoms with Crippen LogP contribution in [0.3, 0.4) is 0 Å². The Bertz CT molecular complexity index is 397. The van der Waals surface area contributed by atoms with Crippen LogP contribution in [0.1, 0.15) is 34.3 Å². The molecular formula is C14H20O3. The summed E-state index contributed by atoms with van der Waals surface area (Å²) in [6.07, 6.45) is 1.24. The number of methoxy groups -OCH3 is 2. The Balaban J connectivity index is 2.92. The summed E-state index contributed by atoms with van der Waals surface area (Å²) in [5, 5.41) is 0. The molecule has 0 amide bonds. The second kappa shape index (κ2) is 6.40. The topological polar surface area (TPSA) is 35.5 Å². The van der Waals surface area contributed by atoms with Crippen LogP contribution in [0.4, 0.5) is 0 Å². The zero-order valence-corrected chi connectivity index (χ0v) is 11.0. The van der Waals surface area contributed by atoms with E-state index >= 15 is 0 Å². The molecule has 1 aromatic rings. The van der Waals surface area contributed by atoms with Crippen LogP contribution in [-0.4, -0.2) is 26.6 Å². The lowest BCUT2D eigenvalue weighted by molar-refractivity contribution is 0.0960. The molecule has 3 nitrogen and oxygen atoms in total. The summed E-state index contributed by atoms with van der Waals surface area (Å²) in [5.41, 5.74) is 2.78. The Morgan fingerprint density at radius 3 is 2.53 bits per heavy atom. The van der Waals surface area contributed by atoms with Crippen molar-refractivity contribution in [3.05, 3.63) is 28.8 Å². The number of carbonyl (C=O) groups is 1. The van der Waals surface area contributed by atoms with Crippen molar-refractivity contribution in [2.75, 3.05) is 20.8 Å². The fourth-order valence-electron chi connectivity index (χ4n) is 1.95. The normalized spacial score (nSPS) is 10.4. The summed E-state index contributed by atoms with van der Waals surface area (Å²) in [4.78, 5) is 12.1. The fourth-order valence-corrected chi connectivity index (χ4v) is 1.95. The third-order valence-electron chi connectivity index (χ3n) is 2.69. The van der Waals surface area contributed by atoms with Crippen LogP contribution in [0.25, 0.3) is 0 Å². The average molecular weight is 236 g/mol. The number of rotatable bonds is 6. The Morgan fingerprint density at radius 1 is 1.24 bits per heavy atom. The Kier molecular flexibility index (Phi) is 5.16. The summed E-state index contributed by atoms with van der Waals surface area (Å²) in [5.74, 6) is 0.793. The molecule has 0 aliphatic heterocycles. The second-order valence-electron chi connectivity index (χ2n) is 4.18. The van der Waals surface area contributed by atoms with Gasteiger partial charge in [-0.25, -0.2) is 0 Å². The van der Waals surface area contributed by atoms with Gasteiger partial charge in [0.15, 0.2) is 5.78 Å². The molecule has 0 bridgehead atoms. The van der Waals surface area contributed by atoms with E-state index in [-0.39, 0.29) is 5.78 Å². The molecule has 0 fully saturated rings. The zero-order chi connectivity index (χ0) is 12.8. The lowest BCUT2D eigenvalue weighted by Crippen LogP contribution is -2.06. The van der Waals surface area contributed by atoms with Gasteiger partial charge < -0.3 is 9.47 Å². The standard InChI is InChI=1S/C14H20O3/c1-10-8-11(2)14(13(9-10)17-4)12(15)6-5-7-16-3/h8-9H,5-7H2,1-4H3. The first-order valence-electron chi connectivity index (χ1n) is 5.77. The van der Waals surface area contributed by atoms with Crippen LogP contribution in [0.5, 0.6) is 5.75 Å². The van der Waals surface area contributed by atoms with Crippen molar-refractivity contribution in [3.63, 3.8) is 0 Å². The molecule has 0 N–H and O–H groups in total. The molecule has 1 rings (SSSR count). The van der Waals surface area contributed by atoms with Crippen LogP contribution < -0.4 is 4.74 Å². The smallest absolute Gasteiger partial charge is 0.166 e. The molecule has 17 heavy (non-hydrogen) atoms. The predicted molar refractivity (Wildman–Crippen MR) is 67.9 cm³/mol. The van der Waals surface area contributed by atoms with E-state index in [4.69, 9.17) is 9.47 Å². The highest BCUT2D eigenvalue weighted by atomic mass is 16.5. The van der Waals surface area contributed by atoms with Gasteiger partial charge in [-0.2, -0.15) is 0 Å². The molecular weight excluding hydrogens is 216 g/mol. The number of hydrogen-bond acceptors (Lipinski definition) is 3. The van der Waals surface area contributed by atoms with Crippen molar-refractivity contribution in [1.29, 1.82) is 0 Å². The Labute approximate surface area is 103 Å². The molecule has 0 atom stereocenters. The van der Waals surface area contributed by atoms with Gasteiger partial charge in [-0.15, -0.1) is 0 Å². The van der Waals surface area contributed by atoms with Crippen molar-refractivity contribution in [2.45, 2.75) is 26.7 Å². The number of carbonyl (C=O) groups excluding carboxylic acids is 1. The summed E-state index contributed by atoms with van der Waals surface area (Å²) >= 11 is 0. The molecule has 0 heterocycles. The maximum atomic E-state index is 12.1. The minimum absolute atomic E-state index is 0.122. The van der Waals surface area contributed by atoms with E-state index in [1.165, 1.54) is 0 Å². The minimum atomic E-state index is 0.122. The van der Waals surface area contributed by atoms with Gasteiger partial charge >= 0.3 is 0 Å². The van der Waals surface area contributed by atoms with E-state index in [0.717, 1.165) is 17.5 Å². The Hall–Kier alpha value is -1.35. The number of Topliss-reactive ketones (excluding diaryl/α,β-unsaturated/α-hetero) is 1. The fraction of sp³-hybridized carbons (Fsp3) is 0.500. The predicted octanol–water partition coefficient (Wildman–Crippen LogP) is 2.92. The van der Waals surface area contributed by atoms with E-state index in [1.54, 1.807) is 14.2 Å². The van der Waals surface area contributed by atoms with Gasteiger partial charge in [-0.3, -0.25) is 4.79 Å². The molecule has 0 unspecified atom stereocenters. The van der Waals surface area contributed by atoms with E-state index in [0.29, 0.717) is 24.3 Å². The second-order valence-corrected chi connectivity index (χ2v) is 4.18. The van der Waals surface area contributed by atoms with Gasteiger partial charge in [0.05, 0.1) is 12.7 Å². The lowest BCUT2D eigenvalue weighted by atomic mass is 9.98. The van der Waals surface area contributed by atoms with Crippen LogP contribution in [0.15, 0.2) is 12.1 Å². The average Bonchev–Trinajstić information content (AvgIpc) is 2.27. The molecule has 1 aromatic carbocycles. The molecule has 94 valence electrons. The van der Waals surface area contributed by atoms with Crippen molar-refractivity contribution >= 4 is 5.78 Å². The highest BCUT2D eigenvalue weighted by Gasteiger charge is 2.15. The highest BCUT2D eigenvalue weighted by molar-refractivity contribution is 6.00. The van der Waals surface area contributed by atoms with Gasteiger partial charge in [0.1, 0.15) is 5.75 Å². The quantitative estimate of drug-likeness (QED) is 0.562. The van der Waals surface area contributed by atoms with Gasteiger partial charge in [-0.1, -0.05) is 6.07 Å². The molecule has 0 aliphatic carbocycles. The molecule has 0 saturated carbocycles. The van der Waals surface area contributed by atoms with E-state index < -0.39 is 0 Å². The van der Waals surface area contributed by atoms with Gasteiger partial charge in [0.25, 0.3) is 0 Å². The highest BCUT2D eigenvalue weighted by Crippen LogP contribution is 2.25. The van der Waals surface area contributed by atoms with Crippen molar-refractivity contribution < 1.29 is 14.3 Å². The maximum absolute atomic E-state index is 12.1. The molecule has 3 heteroatoms. The van der Waals surface area contributed by atoms with Crippen molar-refractivity contribution in [3.8, 4) is 5.75 Å². The first-order valence-corrected chi connectivity index (χ1v) is 5.77. The van der Waals surface area contributed by atoms with Gasteiger partial charge in [0, 0.05) is 20.1 Å².